The molecule has 0 unspecified atom stereocenters. The average molecular weight is 332 g/mol. The number of hydrogen-bond acceptors (Lipinski definition) is 4. The number of carbonyl (C=O) groups excluding carboxylic acids is 1. The molecule has 3 rings (SSSR count). The van der Waals surface area contributed by atoms with Gasteiger partial charge in [0.05, 0.1) is 10.4 Å². The van der Waals surface area contributed by atoms with Crippen LogP contribution in [0.1, 0.15) is 6.92 Å². The van der Waals surface area contributed by atoms with Crippen LogP contribution in [-0.4, -0.2) is 15.8 Å². The molecule has 0 fully saturated rings. The Labute approximate surface area is 134 Å². The van der Waals surface area contributed by atoms with E-state index in [1.54, 1.807) is 12.1 Å². The number of rotatable bonds is 2. The van der Waals surface area contributed by atoms with Crippen LogP contribution in [0.2, 0.25) is 5.02 Å². The number of halogens is 1. The zero-order valence-corrected chi connectivity index (χ0v) is 12.6. The summed E-state index contributed by atoms with van der Waals surface area (Å²) in [5, 5.41) is 15.4. The molecule has 0 spiro atoms. The Balaban J connectivity index is 2.44. The number of hydrogen-bond donors (Lipinski definition) is 2. The molecule has 0 saturated carbocycles. The van der Waals surface area contributed by atoms with E-state index in [1.165, 1.54) is 25.1 Å². The van der Waals surface area contributed by atoms with Crippen LogP contribution in [0.15, 0.2) is 35.1 Å². The molecule has 7 nitrogen and oxygen atoms in total. The first kappa shape index (κ1) is 15.0. The number of fused-ring (bicyclic) bond motifs is 3. The van der Waals surface area contributed by atoms with Crippen LogP contribution in [0.4, 0.5) is 11.4 Å². The van der Waals surface area contributed by atoms with Gasteiger partial charge in [-0.3, -0.25) is 19.7 Å². The number of anilines is 1. The van der Waals surface area contributed by atoms with E-state index in [0.29, 0.717) is 26.7 Å². The molecule has 3 aromatic rings. The maximum atomic E-state index is 12.2. The van der Waals surface area contributed by atoms with Gasteiger partial charge in [-0.1, -0.05) is 17.7 Å². The van der Waals surface area contributed by atoms with Gasteiger partial charge >= 0.3 is 0 Å². The average Bonchev–Trinajstić information content (AvgIpc) is 2.46. The Hall–Kier alpha value is -2.93. The van der Waals surface area contributed by atoms with Crippen LogP contribution in [-0.2, 0) is 4.79 Å². The minimum Gasteiger partial charge on any atom is -0.321 e. The maximum Gasteiger partial charge on any atom is 0.293 e. The van der Waals surface area contributed by atoms with Crippen molar-refractivity contribution < 1.29 is 9.72 Å². The molecule has 0 aliphatic rings. The number of amides is 1. The zero-order valence-electron chi connectivity index (χ0n) is 11.8. The van der Waals surface area contributed by atoms with E-state index < -0.39 is 10.8 Å². The number of carbonyl (C=O) groups is 1. The highest BCUT2D eigenvalue weighted by atomic mass is 35.5. The molecule has 1 aromatic heterocycles. The number of aromatic nitrogens is 1. The molecule has 1 heterocycles. The van der Waals surface area contributed by atoms with E-state index >= 15 is 0 Å². The lowest BCUT2D eigenvalue weighted by Crippen LogP contribution is -2.10. The third-order valence-electron chi connectivity index (χ3n) is 3.41. The van der Waals surface area contributed by atoms with Gasteiger partial charge < -0.3 is 10.3 Å². The zero-order chi connectivity index (χ0) is 16.7. The highest BCUT2D eigenvalue weighted by Gasteiger charge is 2.18. The van der Waals surface area contributed by atoms with Crippen molar-refractivity contribution in [3.63, 3.8) is 0 Å². The third kappa shape index (κ3) is 2.62. The number of aromatic amines is 1. The Bertz CT molecular complexity index is 1040. The molecule has 0 aliphatic heterocycles. The number of benzene rings is 2. The second kappa shape index (κ2) is 5.36. The minimum absolute atomic E-state index is 0.0268. The van der Waals surface area contributed by atoms with Crippen LogP contribution in [0.3, 0.4) is 0 Å². The lowest BCUT2D eigenvalue weighted by atomic mass is 10.1. The molecule has 2 N–H and O–H groups in total. The topological polar surface area (TPSA) is 105 Å². The van der Waals surface area contributed by atoms with Gasteiger partial charge in [0.2, 0.25) is 5.91 Å². The molecule has 0 bridgehead atoms. The van der Waals surface area contributed by atoms with Gasteiger partial charge in [0, 0.05) is 28.8 Å². The van der Waals surface area contributed by atoms with Crippen molar-refractivity contribution in [2.45, 2.75) is 6.92 Å². The van der Waals surface area contributed by atoms with Crippen molar-refractivity contribution in [1.29, 1.82) is 0 Å². The molecule has 0 atom stereocenters. The first-order chi connectivity index (χ1) is 10.9. The Morgan fingerprint density at radius 2 is 1.96 bits per heavy atom. The van der Waals surface area contributed by atoms with Crippen LogP contribution in [0.5, 0.6) is 0 Å². The number of nitro benzene ring substituents is 1. The van der Waals surface area contributed by atoms with Crippen LogP contribution < -0.4 is 10.9 Å². The number of nitro groups is 1. The quantitative estimate of drug-likeness (QED) is 0.427. The largest absolute Gasteiger partial charge is 0.321 e. The highest BCUT2D eigenvalue weighted by Crippen LogP contribution is 2.32. The second-order valence-electron chi connectivity index (χ2n) is 5.00. The maximum absolute atomic E-state index is 12.2. The fraction of sp³-hybridized carbons (Fsp3) is 0.0667. The molecule has 0 saturated heterocycles. The highest BCUT2D eigenvalue weighted by molar-refractivity contribution is 6.31. The molecule has 0 aliphatic carbocycles. The van der Waals surface area contributed by atoms with Gasteiger partial charge in [0.15, 0.2) is 0 Å². The molecule has 1 amide bonds. The standard InChI is InChI=1S/C15H10ClN3O4/c1-7(20)17-13-6-12-10(5-14(13)19(22)23)9-3-2-8(16)4-11(9)15(21)18-12/h2-6H,1H3,(H,17,20)(H,18,21). The normalized spacial score (nSPS) is 10.9. The summed E-state index contributed by atoms with van der Waals surface area (Å²) in [7, 11) is 0. The van der Waals surface area contributed by atoms with Gasteiger partial charge in [-0.05, 0) is 23.6 Å². The minimum atomic E-state index is -0.586. The monoisotopic (exact) mass is 331 g/mol. The smallest absolute Gasteiger partial charge is 0.293 e. The summed E-state index contributed by atoms with van der Waals surface area (Å²) in [6.45, 7) is 1.25. The summed E-state index contributed by atoms with van der Waals surface area (Å²) in [5.41, 5.74) is -0.202. The summed E-state index contributed by atoms with van der Waals surface area (Å²) in [4.78, 5) is 36.7. The Morgan fingerprint density at radius 1 is 1.22 bits per heavy atom. The van der Waals surface area contributed by atoms with Gasteiger partial charge in [-0.15, -0.1) is 0 Å². The van der Waals surface area contributed by atoms with Gasteiger partial charge in [-0.2, -0.15) is 0 Å². The first-order valence-electron chi connectivity index (χ1n) is 6.58. The van der Waals surface area contributed by atoms with Crippen LogP contribution in [0, 0.1) is 10.1 Å². The molecule has 0 radical (unpaired) electrons. The molecular weight excluding hydrogens is 322 g/mol. The van der Waals surface area contributed by atoms with E-state index in [-0.39, 0.29) is 16.9 Å². The second-order valence-corrected chi connectivity index (χ2v) is 5.43. The number of nitrogens with zero attached hydrogens (tertiary/aromatic N) is 1. The summed E-state index contributed by atoms with van der Waals surface area (Å²) >= 11 is 5.90. The molecule has 116 valence electrons. The van der Waals surface area contributed by atoms with E-state index in [9.17, 15) is 19.7 Å². The number of nitrogens with one attached hydrogen (secondary N) is 2. The van der Waals surface area contributed by atoms with Crippen molar-refractivity contribution >= 4 is 50.6 Å². The van der Waals surface area contributed by atoms with E-state index in [0.717, 1.165) is 0 Å². The van der Waals surface area contributed by atoms with Crippen molar-refractivity contribution in [2.24, 2.45) is 0 Å². The molecular formula is C15H10ClN3O4. The summed E-state index contributed by atoms with van der Waals surface area (Å²) in [6, 6.07) is 7.45. The molecule has 8 heteroatoms. The van der Waals surface area contributed by atoms with Crippen LogP contribution in [0.25, 0.3) is 21.7 Å². The van der Waals surface area contributed by atoms with Crippen molar-refractivity contribution in [2.75, 3.05) is 5.32 Å². The predicted octanol–water partition coefficient (Wildman–Crippen LogP) is 3.20. The molecule has 23 heavy (non-hydrogen) atoms. The Morgan fingerprint density at radius 3 is 2.61 bits per heavy atom. The lowest BCUT2D eigenvalue weighted by Gasteiger charge is -2.08. The fourth-order valence-electron chi connectivity index (χ4n) is 2.48. The third-order valence-corrected chi connectivity index (χ3v) is 3.64. The van der Waals surface area contributed by atoms with Crippen molar-refractivity contribution in [1.82, 2.24) is 4.98 Å². The fourth-order valence-corrected chi connectivity index (χ4v) is 2.66. The van der Waals surface area contributed by atoms with E-state index in [4.69, 9.17) is 11.6 Å². The van der Waals surface area contributed by atoms with Crippen molar-refractivity contribution in [3.8, 4) is 0 Å². The van der Waals surface area contributed by atoms with Gasteiger partial charge in [-0.25, -0.2) is 0 Å². The summed E-state index contributed by atoms with van der Waals surface area (Å²) in [5.74, 6) is -0.442. The lowest BCUT2D eigenvalue weighted by molar-refractivity contribution is -0.383. The molecule has 2 aromatic carbocycles. The summed E-state index contributed by atoms with van der Waals surface area (Å²) in [6.07, 6.45) is 0. The first-order valence-corrected chi connectivity index (χ1v) is 6.96. The Kier molecular flexibility index (Phi) is 3.49. The van der Waals surface area contributed by atoms with E-state index in [1.807, 2.05) is 0 Å². The van der Waals surface area contributed by atoms with Gasteiger partial charge in [0.1, 0.15) is 5.69 Å². The van der Waals surface area contributed by atoms with Crippen LogP contribution >= 0.6 is 11.6 Å². The van der Waals surface area contributed by atoms with E-state index in [2.05, 4.69) is 10.3 Å². The SMILES string of the molecule is CC(=O)Nc1cc2[nH]c(=O)c3cc(Cl)ccc3c2cc1[N+](=O)[O-]. The van der Waals surface area contributed by atoms with Gasteiger partial charge in [0.25, 0.3) is 11.2 Å². The number of pyridine rings is 1. The predicted molar refractivity (Wildman–Crippen MR) is 88.0 cm³/mol. The number of H-pyrrole nitrogens is 1. The van der Waals surface area contributed by atoms with Crippen molar-refractivity contribution in [3.05, 3.63) is 55.8 Å². The summed E-state index contributed by atoms with van der Waals surface area (Å²) < 4.78 is 0.